The molecule has 0 aromatic rings. The van der Waals surface area contributed by atoms with E-state index in [9.17, 15) is 0 Å². The van der Waals surface area contributed by atoms with Crippen molar-refractivity contribution in [3.63, 3.8) is 0 Å². The highest BCUT2D eigenvalue weighted by Crippen LogP contribution is 2.07. The molecule has 12 heavy (non-hydrogen) atoms. The van der Waals surface area contributed by atoms with E-state index in [0.717, 1.165) is 25.6 Å². The van der Waals surface area contributed by atoms with Crippen molar-refractivity contribution in [3.8, 4) is 0 Å². The minimum atomic E-state index is 0.622. The van der Waals surface area contributed by atoms with Gasteiger partial charge in [0.15, 0.2) is 0 Å². The zero-order valence-corrected chi connectivity index (χ0v) is 8.89. The third-order valence-electron chi connectivity index (χ3n) is 1.98. The molecule has 0 amide bonds. The molecule has 2 nitrogen and oxygen atoms in total. The molecular formula is C10H23NO. The van der Waals surface area contributed by atoms with Gasteiger partial charge < -0.3 is 10.1 Å². The van der Waals surface area contributed by atoms with Gasteiger partial charge in [0, 0.05) is 19.3 Å². The van der Waals surface area contributed by atoms with Gasteiger partial charge in [0.25, 0.3) is 0 Å². The maximum absolute atomic E-state index is 5.31. The summed E-state index contributed by atoms with van der Waals surface area (Å²) in [6, 6.07) is 0.622. The third-order valence-corrected chi connectivity index (χ3v) is 1.98. The molecule has 0 aliphatic rings. The molecule has 74 valence electrons. The SMILES string of the molecule is CCOCCC(CC(C)C)NC. The van der Waals surface area contributed by atoms with Gasteiger partial charge in [-0.3, -0.25) is 0 Å². The van der Waals surface area contributed by atoms with Crippen LogP contribution in [0, 0.1) is 5.92 Å². The van der Waals surface area contributed by atoms with E-state index in [1.54, 1.807) is 0 Å². The van der Waals surface area contributed by atoms with Crippen molar-refractivity contribution in [1.29, 1.82) is 0 Å². The number of hydrogen-bond acceptors (Lipinski definition) is 2. The highest BCUT2D eigenvalue weighted by atomic mass is 16.5. The van der Waals surface area contributed by atoms with Gasteiger partial charge >= 0.3 is 0 Å². The standard InChI is InChI=1S/C10H23NO/c1-5-12-7-6-10(11-4)8-9(2)3/h9-11H,5-8H2,1-4H3. The molecule has 0 aliphatic carbocycles. The molecule has 1 N–H and O–H groups in total. The van der Waals surface area contributed by atoms with Crippen molar-refractivity contribution in [2.24, 2.45) is 5.92 Å². The Bertz CT molecular complexity index is 93.8. The van der Waals surface area contributed by atoms with Gasteiger partial charge in [-0.2, -0.15) is 0 Å². The molecule has 0 aliphatic heterocycles. The summed E-state index contributed by atoms with van der Waals surface area (Å²) in [6.07, 6.45) is 2.37. The van der Waals surface area contributed by atoms with Crippen molar-refractivity contribution in [2.45, 2.75) is 39.7 Å². The zero-order valence-electron chi connectivity index (χ0n) is 8.89. The van der Waals surface area contributed by atoms with Gasteiger partial charge in [-0.05, 0) is 32.7 Å². The Morgan fingerprint density at radius 3 is 2.42 bits per heavy atom. The molecular weight excluding hydrogens is 150 g/mol. The van der Waals surface area contributed by atoms with Crippen LogP contribution in [0.25, 0.3) is 0 Å². The van der Waals surface area contributed by atoms with Gasteiger partial charge in [-0.15, -0.1) is 0 Å². The predicted octanol–water partition coefficient (Wildman–Crippen LogP) is 2.05. The molecule has 0 fully saturated rings. The van der Waals surface area contributed by atoms with E-state index in [2.05, 4.69) is 19.2 Å². The average Bonchev–Trinajstić information content (AvgIpc) is 2.02. The molecule has 0 heterocycles. The second-order valence-electron chi connectivity index (χ2n) is 3.60. The number of rotatable bonds is 7. The lowest BCUT2D eigenvalue weighted by atomic mass is 10.0. The van der Waals surface area contributed by atoms with E-state index in [-0.39, 0.29) is 0 Å². The largest absolute Gasteiger partial charge is 0.382 e. The summed E-state index contributed by atoms with van der Waals surface area (Å²) in [6.45, 7) is 8.26. The van der Waals surface area contributed by atoms with Crippen molar-refractivity contribution in [3.05, 3.63) is 0 Å². The molecule has 0 aromatic carbocycles. The van der Waals surface area contributed by atoms with Crippen molar-refractivity contribution in [2.75, 3.05) is 20.3 Å². The summed E-state index contributed by atoms with van der Waals surface area (Å²) in [5.74, 6) is 0.768. The molecule has 0 rings (SSSR count). The van der Waals surface area contributed by atoms with E-state index in [1.165, 1.54) is 6.42 Å². The Kier molecular flexibility index (Phi) is 7.51. The predicted molar refractivity (Wildman–Crippen MR) is 53.4 cm³/mol. The maximum Gasteiger partial charge on any atom is 0.0480 e. The van der Waals surface area contributed by atoms with Crippen LogP contribution in [-0.4, -0.2) is 26.3 Å². The lowest BCUT2D eigenvalue weighted by Gasteiger charge is -2.17. The first kappa shape index (κ1) is 11.9. The van der Waals surface area contributed by atoms with Gasteiger partial charge in [0.05, 0.1) is 0 Å². The average molecular weight is 173 g/mol. The zero-order chi connectivity index (χ0) is 9.40. The number of nitrogens with one attached hydrogen (secondary N) is 1. The van der Waals surface area contributed by atoms with Crippen molar-refractivity contribution >= 4 is 0 Å². The first-order chi connectivity index (χ1) is 5.70. The van der Waals surface area contributed by atoms with Crippen LogP contribution in [0.3, 0.4) is 0 Å². The van der Waals surface area contributed by atoms with Crippen molar-refractivity contribution < 1.29 is 4.74 Å². The summed E-state index contributed by atoms with van der Waals surface area (Å²) in [5, 5.41) is 3.31. The fourth-order valence-corrected chi connectivity index (χ4v) is 1.32. The second kappa shape index (κ2) is 7.56. The first-order valence-corrected chi connectivity index (χ1v) is 4.95. The summed E-state index contributed by atoms with van der Waals surface area (Å²) >= 11 is 0. The molecule has 1 atom stereocenters. The molecule has 2 heteroatoms. The van der Waals surface area contributed by atoms with Gasteiger partial charge in [0.2, 0.25) is 0 Å². The van der Waals surface area contributed by atoms with Crippen LogP contribution in [0.4, 0.5) is 0 Å². The van der Waals surface area contributed by atoms with Crippen LogP contribution in [0.5, 0.6) is 0 Å². The molecule has 0 saturated carbocycles. The number of ether oxygens (including phenoxy) is 1. The van der Waals surface area contributed by atoms with E-state index in [0.29, 0.717) is 6.04 Å². The summed E-state index contributed by atoms with van der Waals surface area (Å²) in [5.41, 5.74) is 0. The summed E-state index contributed by atoms with van der Waals surface area (Å²) < 4.78 is 5.31. The van der Waals surface area contributed by atoms with Crippen LogP contribution in [0.2, 0.25) is 0 Å². The maximum atomic E-state index is 5.31. The van der Waals surface area contributed by atoms with E-state index in [1.807, 2.05) is 14.0 Å². The summed E-state index contributed by atoms with van der Waals surface area (Å²) in [4.78, 5) is 0. The molecule has 0 spiro atoms. The Balaban J connectivity index is 3.39. The Morgan fingerprint density at radius 1 is 1.33 bits per heavy atom. The van der Waals surface area contributed by atoms with Crippen LogP contribution in [0.1, 0.15) is 33.6 Å². The molecule has 0 radical (unpaired) electrons. The molecule has 0 bridgehead atoms. The molecule has 0 aromatic heterocycles. The van der Waals surface area contributed by atoms with E-state index >= 15 is 0 Å². The minimum Gasteiger partial charge on any atom is -0.382 e. The van der Waals surface area contributed by atoms with Crippen LogP contribution >= 0.6 is 0 Å². The first-order valence-electron chi connectivity index (χ1n) is 4.95. The van der Waals surface area contributed by atoms with Crippen molar-refractivity contribution in [1.82, 2.24) is 5.32 Å². The van der Waals surface area contributed by atoms with Crippen LogP contribution < -0.4 is 5.32 Å². The fourth-order valence-electron chi connectivity index (χ4n) is 1.32. The minimum absolute atomic E-state index is 0.622. The Morgan fingerprint density at radius 2 is 2.00 bits per heavy atom. The quantitative estimate of drug-likeness (QED) is 0.595. The second-order valence-corrected chi connectivity index (χ2v) is 3.60. The smallest absolute Gasteiger partial charge is 0.0480 e. The normalized spacial score (nSPS) is 13.8. The lowest BCUT2D eigenvalue weighted by molar-refractivity contribution is 0.134. The van der Waals surface area contributed by atoms with Gasteiger partial charge in [-0.1, -0.05) is 13.8 Å². The highest BCUT2D eigenvalue weighted by molar-refractivity contribution is 4.65. The van der Waals surface area contributed by atoms with Gasteiger partial charge in [0.1, 0.15) is 0 Å². The van der Waals surface area contributed by atoms with Gasteiger partial charge in [-0.25, -0.2) is 0 Å². The van der Waals surface area contributed by atoms with E-state index in [4.69, 9.17) is 4.74 Å². The van der Waals surface area contributed by atoms with E-state index < -0.39 is 0 Å². The third kappa shape index (κ3) is 6.62. The number of hydrogen-bond donors (Lipinski definition) is 1. The van der Waals surface area contributed by atoms with Crippen LogP contribution in [0.15, 0.2) is 0 Å². The fraction of sp³-hybridized carbons (Fsp3) is 1.00. The van der Waals surface area contributed by atoms with Crippen LogP contribution in [-0.2, 0) is 4.74 Å². The Hall–Kier alpha value is -0.0800. The summed E-state index contributed by atoms with van der Waals surface area (Å²) in [7, 11) is 2.03. The lowest BCUT2D eigenvalue weighted by Crippen LogP contribution is -2.28. The topological polar surface area (TPSA) is 21.3 Å². The Labute approximate surface area is 76.7 Å². The monoisotopic (exact) mass is 173 g/mol. The highest BCUT2D eigenvalue weighted by Gasteiger charge is 2.07. The molecule has 1 unspecified atom stereocenters. The molecule has 0 saturated heterocycles.